The molecule has 0 unspecified atom stereocenters. The molecule has 6 heteroatoms. The zero-order valence-electron chi connectivity index (χ0n) is 14.6. The molecule has 0 saturated carbocycles. The molecule has 0 aliphatic carbocycles. The lowest BCUT2D eigenvalue weighted by molar-refractivity contribution is 0.0868. The summed E-state index contributed by atoms with van der Waals surface area (Å²) in [4.78, 5) is 17.0. The van der Waals surface area contributed by atoms with Crippen LogP contribution in [0.15, 0.2) is 24.3 Å². The zero-order chi connectivity index (χ0) is 16.9. The Labute approximate surface area is 144 Å². The van der Waals surface area contributed by atoms with Crippen LogP contribution in [0.25, 0.3) is 0 Å². The first-order chi connectivity index (χ1) is 11.6. The highest BCUT2D eigenvalue weighted by atomic mass is 16.5. The molecule has 2 atom stereocenters. The molecule has 2 amide bonds. The predicted molar refractivity (Wildman–Crippen MR) is 96.7 cm³/mol. The molecule has 2 N–H and O–H groups in total. The molecule has 2 fully saturated rings. The molecule has 6 nitrogen and oxygen atoms in total. The number of ether oxygens (including phenoxy) is 1. The fourth-order valence-electron chi connectivity index (χ4n) is 3.36. The maximum atomic E-state index is 12.4. The molecule has 2 aliphatic heterocycles. The van der Waals surface area contributed by atoms with E-state index in [4.69, 9.17) is 4.74 Å². The Bertz CT molecular complexity index is 552. The van der Waals surface area contributed by atoms with Gasteiger partial charge < -0.3 is 25.2 Å². The number of hydrogen-bond acceptors (Lipinski definition) is 4. The van der Waals surface area contributed by atoms with Crippen LogP contribution in [0.5, 0.6) is 0 Å². The van der Waals surface area contributed by atoms with Gasteiger partial charge in [0.1, 0.15) is 0 Å². The van der Waals surface area contributed by atoms with Crippen molar-refractivity contribution in [2.24, 2.45) is 0 Å². The van der Waals surface area contributed by atoms with E-state index >= 15 is 0 Å². The van der Waals surface area contributed by atoms with Crippen molar-refractivity contribution in [2.75, 3.05) is 50.1 Å². The third-order valence-electron chi connectivity index (χ3n) is 4.88. The van der Waals surface area contributed by atoms with Gasteiger partial charge in [0.25, 0.3) is 0 Å². The van der Waals surface area contributed by atoms with Crippen molar-refractivity contribution < 1.29 is 9.53 Å². The Morgan fingerprint density at radius 2 is 2.00 bits per heavy atom. The number of carbonyl (C=O) groups is 1. The fraction of sp³-hybridized carbons (Fsp3) is 0.611. The molecule has 1 aromatic carbocycles. The summed E-state index contributed by atoms with van der Waals surface area (Å²) in [5.74, 6) is 0. The third-order valence-corrected chi connectivity index (χ3v) is 4.88. The van der Waals surface area contributed by atoms with Gasteiger partial charge in [-0.05, 0) is 38.9 Å². The summed E-state index contributed by atoms with van der Waals surface area (Å²) in [7, 11) is 2.14. The summed E-state index contributed by atoms with van der Waals surface area (Å²) >= 11 is 0. The van der Waals surface area contributed by atoms with Crippen molar-refractivity contribution in [1.29, 1.82) is 0 Å². The first-order valence-electron chi connectivity index (χ1n) is 8.85. The molecule has 1 aromatic rings. The van der Waals surface area contributed by atoms with Crippen molar-refractivity contribution >= 4 is 17.4 Å². The van der Waals surface area contributed by atoms with Crippen LogP contribution in [0.4, 0.5) is 16.2 Å². The maximum Gasteiger partial charge on any atom is 0.319 e. The van der Waals surface area contributed by atoms with Crippen LogP contribution >= 0.6 is 0 Å². The predicted octanol–water partition coefficient (Wildman–Crippen LogP) is 2.13. The first kappa shape index (κ1) is 17.0. The topological polar surface area (TPSA) is 56.8 Å². The van der Waals surface area contributed by atoms with Gasteiger partial charge in [0.05, 0.1) is 23.5 Å². The van der Waals surface area contributed by atoms with Crippen molar-refractivity contribution in [3.05, 3.63) is 24.3 Å². The average Bonchev–Trinajstić information content (AvgIpc) is 3.11. The molecule has 132 valence electrons. The number of rotatable bonds is 4. The van der Waals surface area contributed by atoms with E-state index in [1.165, 1.54) is 0 Å². The maximum absolute atomic E-state index is 12.4. The molecule has 2 saturated heterocycles. The standard InChI is InChI=1S/C18H28N4O2/c1-14(17-8-5-13-24-17)19-18(23)20-15-6-3-4-7-16(15)22-11-9-21(2)10-12-22/h3-4,6-7,14,17H,5,8-13H2,1-2H3,(H2,19,20,23)/t14-,17+/m0/s1. The van der Waals surface area contributed by atoms with Crippen LogP contribution < -0.4 is 15.5 Å². The number of urea groups is 1. The number of hydrogen-bond donors (Lipinski definition) is 2. The molecular weight excluding hydrogens is 304 g/mol. The minimum absolute atomic E-state index is 0.0169. The number of piperazine rings is 1. The number of para-hydroxylation sites is 2. The van der Waals surface area contributed by atoms with E-state index in [2.05, 4.69) is 33.5 Å². The average molecular weight is 332 g/mol. The summed E-state index contributed by atoms with van der Waals surface area (Å²) in [6, 6.07) is 7.86. The number of amides is 2. The molecule has 24 heavy (non-hydrogen) atoms. The summed E-state index contributed by atoms with van der Waals surface area (Å²) in [6.45, 7) is 6.83. The van der Waals surface area contributed by atoms with Crippen LogP contribution in [-0.2, 0) is 4.74 Å². The van der Waals surface area contributed by atoms with E-state index in [0.29, 0.717) is 0 Å². The number of nitrogens with one attached hydrogen (secondary N) is 2. The van der Waals surface area contributed by atoms with Crippen LogP contribution in [-0.4, -0.2) is 62.9 Å². The van der Waals surface area contributed by atoms with E-state index in [-0.39, 0.29) is 18.2 Å². The Balaban J connectivity index is 1.61. The van der Waals surface area contributed by atoms with E-state index in [9.17, 15) is 4.79 Å². The lowest BCUT2D eigenvalue weighted by atomic mass is 10.1. The summed E-state index contributed by atoms with van der Waals surface area (Å²) in [5, 5.41) is 6.02. The molecule has 0 spiro atoms. The summed E-state index contributed by atoms with van der Waals surface area (Å²) in [6.07, 6.45) is 2.22. The van der Waals surface area contributed by atoms with Crippen molar-refractivity contribution in [1.82, 2.24) is 10.2 Å². The second kappa shape index (κ2) is 7.85. The lowest BCUT2D eigenvalue weighted by Crippen LogP contribution is -2.45. The Hall–Kier alpha value is -1.79. The highest BCUT2D eigenvalue weighted by molar-refractivity contribution is 5.93. The Morgan fingerprint density at radius 1 is 1.25 bits per heavy atom. The number of nitrogens with zero attached hydrogens (tertiary/aromatic N) is 2. The summed E-state index contributed by atoms with van der Waals surface area (Å²) < 4.78 is 5.64. The number of likely N-dealkylation sites (N-methyl/N-ethyl adjacent to an activating group) is 1. The molecule has 2 aliphatic rings. The van der Waals surface area contributed by atoms with E-state index in [1.807, 2.05) is 25.1 Å². The van der Waals surface area contributed by atoms with Gasteiger partial charge in [-0.3, -0.25) is 0 Å². The monoisotopic (exact) mass is 332 g/mol. The molecule has 0 radical (unpaired) electrons. The van der Waals surface area contributed by atoms with Crippen molar-refractivity contribution in [3.63, 3.8) is 0 Å². The minimum Gasteiger partial charge on any atom is -0.376 e. The van der Waals surface area contributed by atoms with Crippen molar-refractivity contribution in [2.45, 2.75) is 31.9 Å². The Morgan fingerprint density at radius 3 is 2.71 bits per heavy atom. The highest BCUT2D eigenvalue weighted by Crippen LogP contribution is 2.26. The molecular formula is C18H28N4O2. The van der Waals surface area contributed by atoms with Gasteiger partial charge in [0.15, 0.2) is 0 Å². The highest BCUT2D eigenvalue weighted by Gasteiger charge is 2.24. The molecule has 2 heterocycles. The van der Waals surface area contributed by atoms with Crippen LogP contribution in [0.3, 0.4) is 0 Å². The molecule has 3 rings (SSSR count). The van der Waals surface area contributed by atoms with Gasteiger partial charge in [0.2, 0.25) is 0 Å². The van der Waals surface area contributed by atoms with Crippen molar-refractivity contribution in [3.8, 4) is 0 Å². The zero-order valence-corrected chi connectivity index (χ0v) is 14.6. The van der Waals surface area contributed by atoms with Gasteiger partial charge in [-0.15, -0.1) is 0 Å². The van der Waals surface area contributed by atoms with E-state index < -0.39 is 0 Å². The summed E-state index contributed by atoms with van der Waals surface area (Å²) in [5.41, 5.74) is 1.95. The Kier molecular flexibility index (Phi) is 5.58. The second-order valence-corrected chi connectivity index (χ2v) is 6.75. The quantitative estimate of drug-likeness (QED) is 0.887. The number of carbonyl (C=O) groups excluding carboxylic acids is 1. The minimum atomic E-state index is -0.167. The molecule has 0 bridgehead atoms. The number of anilines is 2. The second-order valence-electron chi connectivity index (χ2n) is 6.75. The lowest BCUT2D eigenvalue weighted by Gasteiger charge is -2.35. The largest absolute Gasteiger partial charge is 0.376 e. The van der Waals surface area contributed by atoms with Crippen LogP contribution in [0, 0.1) is 0 Å². The fourth-order valence-corrected chi connectivity index (χ4v) is 3.36. The van der Waals surface area contributed by atoms with Gasteiger partial charge in [0, 0.05) is 32.8 Å². The van der Waals surface area contributed by atoms with Crippen LogP contribution in [0.1, 0.15) is 19.8 Å². The van der Waals surface area contributed by atoms with Gasteiger partial charge in [-0.1, -0.05) is 12.1 Å². The van der Waals surface area contributed by atoms with E-state index in [0.717, 1.165) is 57.0 Å². The van der Waals surface area contributed by atoms with Gasteiger partial charge >= 0.3 is 6.03 Å². The van der Waals surface area contributed by atoms with Crippen LogP contribution in [0.2, 0.25) is 0 Å². The normalized spacial score (nSPS) is 23.1. The SMILES string of the molecule is C[C@H](NC(=O)Nc1ccccc1N1CCN(C)CC1)[C@H]1CCCO1. The van der Waals surface area contributed by atoms with Gasteiger partial charge in [-0.25, -0.2) is 4.79 Å². The van der Waals surface area contributed by atoms with Gasteiger partial charge in [-0.2, -0.15) is 0 Å². The van der Waals surface area contributed by atoms with E-state index in [1.54, 1.807) is 0 Å². The number of benzene rings is 1. The third kappa shape index (κ3) is 4.19. The molecule has 0 aromatic heterocycles. The smallest absolute Gasteiger partial charge is 0.319 e. The first-order valence-corrected chi connectivity index (χ1v) is 8.85.